The summed E-state index contributed by atoms with van der Waals surface area (Å²) in [7, 11) is 1.83. The van der Waals surface area contributed by atoms with Crippen molar-refractivity contribution in [1.29, 1.82) is 0 Å². The van der Waals surface area contributed by atoms with Gasteiger partial charge in [0.25, 0.3) is 0 Å². The molecule has 2 heterocycles. The van der Waals surface area contributed by atoms with Crippen molar-refractivity contribution < 1.29 is 0 Å². The quantitative estimate of drug-likeness (QED) is 0.927. The predicted molar refractivity (Wildman–Crippen MR) is 72.6 cm³/mol. The Morgan fingerprint density at radius 3 is 2.56 bits per heavy atom. The summed E-state index contributed by atoms with van der Waals surface area (Å²) in [5.74, 6) is 2.29. The summed E-state index contributed by atoms with van der Waals surface area (Å²) in [6.07, 6.45) is 0.773. The highest BCUT2D eigenvalue weighted by Gasteiger charge is 2.13. The molecule has 1 N–H and O–H groups in total. The SMILES string of the molecule is CCc1nc(NC)cc(-n2nc(C)c(Cl)c2C)n1. The van der Waals surface area contributed by atoms with Gasteiger partial charge in [0.2, 0.25) is 0 Å². The number of aryl methyl sites for hydroxylation is 2. The van der Waals surface area contributed by atoms with Crippen LogP contribution in [0.2, 0.25) is 5.02 Å². The molecule has 96 valence electrons. The normalized spacial score (nSPS) is 10.7. The van der Waals surface area contributed by atoms with E-state index < -0.39 is 0 Å². The number of nitrogens with one attached hydrogen (secondary N) is 1. The van der Waals surface area contributed by atoms with Crippen LogP contribution in [0, 0.1) is 13.8 Å². The Balaban J connectivity index is 2.59. The molecule has 2 aromatic rings. The Hall–Kier alpha value is -1.62. The fourth-order valence-corrected chi connectivity index (χ4v) is 1.84. The summed E-state index contributed by atoms with van der Waals surface area (Å²) in [5.41, 5.74) is 1.69. The lowest BCUT2D eigenvalue weighted by molar-refractivity contribution is 0.784. The molecule has 0 spiro atoms. The van der Waals surface area contributed by atoms with Crippen molar-refractivity contribution in [2.24, 2.45) is 0 Å². The van der Waals surface area contributed by atoms with E-state index in [4.69, 9.17) is 11.6 Å². The molecule has 0 unspecified atom stereocenters. The molecule has 0 bridgehead atoms. The second kappa shape index (κ2) is 4.94. The monoisotopic (exact) mass is 265 g/mol. The van der Waals surface area contributed by atoms with Gasteiger partial charge in [-0.1, -0.05) is 18.5 Å². The number of hydrogen-bond donors (Lipinski definition) is 1. The van der Waals surface area contributed by atoms with Crippen molar-refractivity contribution in [3.8, 4) is 5.82 Å². The average Bonchev–Trinajstić information content (AvgIpc) is 2.65. The number of nitrogens with zero attached hydrogens (tertiary/aromatic N) is 4. The van der Waals surface area contributed by atoms with Crippen molar-refractivity contribution in [3.63, 3.8) is 0 Å². The van der Waals surface area contributed by atoms with E-state index in [0.29, 0.717) is 5.02 Å². The number of rotatable bonds is 3. The van der Waals surface area contributed by atoms with E-state index in [1.54, 1.807) is 4.68 Å². The van der Waals surface area contributed by atoms with Gasteiger partial charge in [-0.05, 0) is 13.8 Å². The van der Waals surface area contributed by atoms with E-state index in [9.17, 15) is 0 Å². The van der Waals surface area contributed by atoms with E-state index in [2.05, 4.69) is 20.4 Å². The van der Waals surface area contributed by atoms with Gasteiger partial charge >= 0.3 is 0 Å². The number of anilines is 1. The largest absolute Gasteiger partial charge is 0.373 e. The van der Waals surface area contributed by atoms with Crippen LogP contribution in [0.3, 0.4) is 0 Å². The molecular formula is C12H16ClN5. The van der Waals surface area contributed by atoms with Gasteiger partial charge in [-0.2, -0.15) is 5.10 Å². The molecule has 0 saturated carbocycles. The highest BCUT2D eigenvalue weighted by Crippen LogP contribution is 2.22. The first-order valence-corrected chi connectivity index (χ1v) is 6.22. The second-order valence-corrected chi connectivity index (χ2v) is 4.41. The average molecular weight is 266 g/mol. The summed E-state index contributed by atoms with van der Waals surface area (Å²) in [6, 6.07) is 1.86. The minimum atomic E-state index is 0.678. The molecule has 0 aliphatic carbocycles. The maximum absolute atomic E-state index is 6.15. The Labute approximate surface area is 111 Å². The maximum Gasteiger partial charge on any atom is 0.159 e. The van der Waals surface area contributed by atoms with E-state index in [1.165, 1.54) is 0 Å². The zero-order chi connectivity index (χ0) is 13.3. The molecular weight excluding hydrogens is 250 g/mol. The van der Waals surface area contributed by atoms with Crippen molar-refractivity contribution in [2.45, 2.75) is 27.2 Å². The second-order valence-electron chi connectivity index (χ2n) is 4.03. The van der Waals surface area contributed by atoms with Crippen LogP contribution in [0.25, 0.3) is 5.82 Å². The Kier molecular flexibility index (Phi) is 3.52. The topological polar surface area (TPSA) is 55.6 Å². The fourth-order valence-electron chi connectivity index (χ4n) is 1.72. The summed E-state index contributed by atoms with van der Waals surface area (Å²) in [4.78, 5) is 8.83. The van der Waals surface area contributed by atoms with Crippen LogP contribution in [0.5, 0.6) is 0 Å². The maximum atomic E-state index is 6.15. The zero-order valence-corrected chi connectivity index (χ0v) is 11.7. The first kappa shape index (κ1) is 12.8. The molecule has 2 aromatic heterocycles. The third kappa shape index (κ3) is 2.18. The molecule has 5 nitrogen and oxygen atoms in total. The van der Waals surface area contributed by atoms with E-state index in [-0.39, 0.29) is 0 Å². The van der Waals surface area contributed by atoms with Crippen LogP contribution in [-0.4, -0.2) is 26.8 Å². The van der Waals surface area contributed by atoms with Crippen LogP contribution in [0.15, 0.2) is 6.07 Å². The van der Waals surface area contributed by atoms with Crippen LogP contribution in [0.1, 0.15) is 24.1 Å². The van der Waals surface area contributed by atoms with Gasteiger partial charge in [-0.15, -0.1) is 0 Å². The molecule has 0 aliphatic rings. The van der Waals surface area contributed by atoms with Gasteiger partial charge in [-0.3, -0.25) is 0 Å². The molecule has 18 heavy (non-hydrogen) atoms. The van der Waals surface area contributed by atoms with Crippen LogP contribution in [-0.2, 0) is 6.42 Å². The lowest BCUT2D eigenvalue weighted by Gasteiger charge is -2.08. The summed E-state index contributed by atoms with van der Waals surface area (Å²) >= 11 is 6.15. The number of hydrogen-bond acceptors (Lipinski definition) is 4. The standard InChI is InChI=1S/C12H16ClN5/c1-5-9-15-10(14-4)6-11(16-9)18-8(3)12(13)7(2)17-18/h6H,5H2,1-4H3,(H,14,15,16). The molecule has 0 saturated heterocycles. The van der Waals surface area contributed by atoms with E-state index in [1.807, 2.05) is 33.9 Å². The van der Waals surface area contributed by atoms with Gasteiger partial charge in [0.15, 0.2) is 5.82 Å². The number of halogens is 1. The fraction of sp³-hybridized carbons (Fsp3) is 0.417. The summed E-state index contributed by atoms with van der Waals surface area (Å²) in [6.45, 7) is 5.83. The van der Waals surface area contributed by atoms with Gasteiger partial charge < -0.3 is 5.32 Å². The molecule has 6 heteroatoms. The highest BCUT2D eigenvalue weighted by atomic mass is 35.5. The van der Waals surface area contributed by atoms with Crippen molar-refractivity contribution in [2.75, 3.05) is 12.4 Å². The lowest BCUT2D eigenvalue weighted by Crippen LogP contribution is -2.07. The first-order chi connectivity index (χ1) is 8.56. The molecule has 0 aromatic carbocycles. The van der Waals surface area contributed by atoms with Gasteiger partial charge in [0.05, 0.1) is 16.4 Å². The van der Waals surface area contributed by atoms with Gasteiger partial charge in [-0.25, -0.2) is 14.6 Å². The minimum absolute atomic E-state index is 0.678. The van der Waals surface area contributed by atoms with E-state index in [0.717, 1.165) is 35.3 Å². The summed E-state index contributed by atoms with van der Waals surface area (Å²) in [5, 5.41) is 8.10. The first-order valence-electron chi connectivity index (χ1n) is 5.84. The zero-order valence-electron chi connectivity index (χ0n) is 11.0. The lowest BCUT2D eigenvalue weighted by atomic mass is 10.4. The smallest absolute Gasteiger partial charge is 0.159 e. The summed E-state index contributed by atoms with van der Waals surface area (Å²) < 4.78 is 1.75. The van der Waals surface area contributed by atoms with Gasteiger partial charge in [0, 0.05) is 19.5 Å². The molecule has 0 fully saturated rings. The Bertz CT molecular complexity index is 554. The Morgan fingerprint density at radius 1 is 1.33 bits per heavy atom. The third-order valence-corrected chi connectivity index (χ3v) is 3.30. The molecule has 2 rings (SSSR count). The predicted octanol–water partition coefficient (Wildman–Crippen LogP) is 2.54. The van der Waals surface area contributed by atoms with Crippen LogP contribution >= 0.6 is 11.6 Å². The van der Waals surface area contributed by atoms with Gasteiger partial charge in [0.1, 0.15) is 11.6 Å². The van der Waals surface area contributed by atoms with Crippen LogP contribution < -0.4 is 5.32 Å². The molecule has 0 atom stereocenters. The van der Waals surface area contributed by atoms with Crippen molar-refractivity contribution >= 4 is 17.4 Å². The molecule has 0 aliphatic heterocycles. The minimum Gasteiger partial charge on any atom is -0.373 e. The molecule has 0 radical (unpaired) electrons. The molecule has 0 amide bonds. The van der Waals surface area contributed by atoms with E-state index >= 15 is 0 Å². The van der Waals surface area contributed by atoms with Crippen molar-refractivity contribution in [3.05, 3.63) is 28.3 Å². The highest BCUT2D eigenvalue weighted by molar-refractivity contribution is 6.31. The van der Waals surface area contributed by atoms with Crippen LogP contribution in [0.4, 0.5) is 5.82 Å². The Morgan fingerprint density at radius 2 is 2.06 bits per heavy atom. The van der Waals surface area contributed by atoms with Crippen molar-refractivity contribution in [1.82, 2.24) is 19.7 Å². The third-order valence-electron chi connectivity index (χ3n) is 2.75. The number of aromatic nitrogens is 4.